The fraction of sp³-hybridized carbons (Fsp3) is 0.250. The number of thiophene rings is 1. The fourth-order valence-corrected chi connectivity index (χ4v) is 5.29. The van der Waals surface area contributed by atoms with Crippen LogP contribution in [0.1, 0.15) is 10.4 Å². The zero-order chi connectivity index (χ0) is 22.8. The third-order valence-electron chi connectivity index (χ3n) is 4.94. The van der Waals surface area contributed by atoms with Gasteiger partial charge >= 0.3 is 5.97 Å². The first-order valence-corrected chi connectivity index (χ1v) is 11.4. The molecule has 0 bridgehead atoms. The Morgan fingerprint density at radius 2 is 2.03 bits per heavy atom. The molecular formula is C20H18N4O6S2. The SMILES string of the molecule is NC1=C(C(=O)OCc2ccc([N+](=O)[O-])cc2)N2C(=O)[C@@H](NC(=O)Cc3cccs3)[C@@H]2SC1. The monoisotopic (exact) mass is 474 g/mol. The third-order valence-corrected chi connectivity index (χ3v) is 7.12. The van der Waals surface area contributed by atoms with Crippen LogP contribution in [0.4, 0.5) is 5.69 Å². The summed E-state index contributed by atoms with van der Waals surface area (Å²) in [4.78, 5) is 50.0. The third kappa shape index (κ3) is 4.32. The van der Waals surface area contributed by atoms with Gasteiger partial charge in [-0.25, -0.2) is 4.79 Å². The van der Waals surface area contributed by atoms with Gasteiger partial charge in [-0.1, -0.05) is 6.07 Å². The van der Waals surface area contributed by atoms with Crippen molar-refractivity contribution in [2.24, 2.45) is 5.73 Å². The number of rotatable bonds is 7. The number of nitrogens with one attached hydrogen (secondary N) is 1. The Morgan fingerprint density at radius 3 is 2.69 bits per heavy atom. The number of nitrogens with zero attached hydrogens (tertiary/aromatic N) is 2. The minimum Gasteiger partial charge on any atom is -0.456 e. The highest BCUT2D eigenvalue weighted by molar-refractivity contribution is 8.00. The highest BCUT2D eigenvalue weighted by Crippen LogP contribution is 2.39. The summed E-state index contributed by atoms with van der Waals surface area (Å²) in [5.74, 6) is -1.14. The molecule has 32 heavy (non-hydrogen) atoms. The van der Waals surface area contributed by atoms with Crippen molar-refractivity contribution in [3.05, 3.63) is 73.7 Å². The number of benzene rings is 1. The number of hydrogen-bond acceptors (Lipinski definition) is 9. The highest BCUT2D eigenvalue weighted by Gasteiger charge is 2.54. The number of fused-ring (bicyclic) bond motifs is 1. The van der Waals surface area contributed by atoms with E-state index in [1.165, 1.54) is 52.3 Å². The van der Waals surface area contributed by atoms with Crippen LogP contribution in [0.25, 0.3) is 0 Å². The molecule has 1 aromatic heterocycles. The number of esters is 1. The number of β-lactam (4-membered cyclic amide) rings is 1. The van der Waals surface area contributed by atoms with Crippen molar-refractivity contribution in [3.8, 4) is 0 Å². The predicted molar refractivity (Wildman–Crippen MR) is 117 cm³/mol. The molecule has 0 radical (unpaired) electrons. The van der Waals surface area contributed by atoms with Crippen molar-refractivity contribution in [2.45, 2.75) is 24.4 Å². The molecule has 12 heteroatoms. The van der Waals surface area contributed by atoms with Gasteiger partial charge in [0, 0.05) is 22.8 Å². The largest absolute Gasteiger partial charge is 0.456 e. The first-order chi connectivity index (χ1) is 15.3. The number of nitrogens with two attached hydrogens (primary N) is 1. The number of amides is 2. The van der Waals surface area contributed by atoms with Crippen LogP contribution >= 0.6 is 23.1 Å². The van der Waals surface area contributed by atoms with Crippen LogP contribution in [0.5, 0.6) is 0 Å². The molecule has 4 rings (SSSR count). The Balaban J connectivity index is 1.38. The molecule has 0 spiro atoms. The van der Waals surface area contributed by atoms with Crippen molar-refractivity contribution in [1.29, 1.82) is 0 Å². The number of nitro groups is 1. The van der Waals surface area contributed by atoms with Crippen LogP contribution in [-0.2, 0) is 32.1 Å². The molecule has 0 unspecified atom stereocenters. The normalized spacial score (nSPS) is 19.8. The van der Waals surface area contributed by atoms with E-state index in [9.17, 15) is 24.5 Å². The molecule has 1 aromatic carbocycles. The van der Waals surface area contributed by atoms with E-state index in [1.807, 2.05) is 17.5 Å². The van der Waals surface area contributed by atoms with Gasteiger partial charge in [-0.05, 0) is 29.1 Å². The maximum atomic E-state index is 12.7. The van der Waals surface area contributed by atoms with Gasteiger partial charge in [0.25, 0.3) is 11.6 Å². The zero-order valence-electron chi connectivity index (χ0n) is 16.6. The minimum atomic E-state index is -0.761. The van der Waals surface area contributed by atoms with E-state index in [-0.39, 0.29) is 36.0 Å². The number of hydrogen-bond donors (Lipinski definition) is 2. The first-order valence-electron chi connectivity index (χ1n) is 9.50. The van der Waals surface area contributed by atoms with E-state index in [0.717, 1.165) is 4.88 Å². The Hall–Kier alpha value is -3.38. The van der Waals surface area contributed by atoms with E-state index >= 15 is 0 Å². The Labute approximate surface area is 190 Å². The van der Waals surface area contributed by atoms with Gasteiger partial charge in [-0.3, -0.25) is 24.6 Å². The van der Waals surface area contributed by atoms with Crippen molar-refractivity contribution < 1.29 is 24.0 Å². The smallest absolute Gasteiger partial charge is 0.357 e. The quantitative estimate of drug-likeness (QED) is 0.266. The van der Waals surface area contributed by atoms with Gasteiger partial charge in [0.05, 0.1) is 17.0 Å². The Kier molecular flexibility index (Phi) is 6.15. The molecule has 1 fully saturated rings. The van der Waals surface area contributed by atoms with Gasteiger partial charge in [-0.2, -0.15) is 0 Å². The van der Waals surface area contributed by atoms with Crippen LogP contribution in [0.15, 0.2) is 53.2 Å². The highest BCUT2D eigenvalue weighted by atomic mass is 32.2. The molecule has 2 aromatic rings. The lowest BCUT2D eigenvalue weighted by Gasteiger charge is -2.49. The molecule has 10 nitrogen and oxygen atoms in total. The number of carbonyl (C=O) groups is 3. The summed E-state index contributed by atoms with van der Waals surface area (Å²) >= 11 is 2.82. The van der Waals surface area contributed by atoms with Crippen molar-refractivity contribution in [3.63, 3.8) is 0 Å². The maximum Gasteiger partial charge on any atom is 0.357 e. The van der Waals surface area contributed by atoms with E-state index in [4.69, 9.17) is 10.5 Å². The van der Waals surface area contributed by atoms with Crippen molar-refractivity contribution in [2.75, 3.05) is 5.75 Å². The molecule has 2 amide bonds. The Bertz CT molecular complexity index is 1100. The molecular weight excluding hydrogens is 456 g/mol. The summed E-state index contributed by atoms with van der Waals surface area (Å²) in [5.41, 5.74) is 6.67. The summed E-state index contributed by atoms with van der Waals surface area (Å²) in [7, 11) is 0. The average molecular weight is 475 g/mol. The van der Waals surface area contributed by atoms with Crippen molar-refractivity contribution >= 4 is 46.6 Å². The summed E-state index contributed by atoms with van der Waals surface area (Å²) in [6.07, 6.45) is 0.181. The molecule has 0 saturated carbocycles. The van der Waals surface area contributed by atoms with E-state index in [2.05, 4.69) is 5.32 Å². The minimum absolute atomic E-state index is 0.0237. The second-order valence-corrected chi connectivity index (χ2v) is 9.22. The number of ether oxygens (including phenoxy) is 1. The lowest BCUT2D eigenvalue weighted by molar-refractivity contribution is -0.384. The van der Waals surface area contributed by atoms with Gasteiger partial charge < -0.3 is 15.8 Å². The summed E-state index contributed by atoms with van der Waals surface area (Å²) in [6, 6.07) is 8.55. The first kappa shape index (κ1) is 21.8. The lowest BCUT2D eigenvalue weighted by atomic mass is 10.0. The molecule has 166 valence electrons. The molecule has 3 N–H and O–H groups in total. The van der Waals surface area contributed by atoms with E-state index in [1.54, 1.807) is 0 Å². The maximum absolute atomic E-state index is 12.7. The fourth-order valence-electron chi connectivity index (χ4n) is 3.36. The number of thioether (sulfide) groups is 1. The van der Waals surface area contributed by atoms with Crippen LogP contribution < -0.4 is 11.1 Å². The van der Waals surface area contributed by atoms with Gasteiger partial charge in [0.15, 0.2) is 5.70 Å². The zero-order valence-corrected chi connectivity index (χ0v) is 18.2. The molecule has 1 saturated heterocycles. The van der Waals surface area contributed by atoms with Crippen LogP contribution in [0, 0.1) is 10.1 Å². The number of nitro benzene ring substituents is 1. The molecule has 2 aliphatic heterocycles. The van der Waals surface area contributed by atoms with E-state index < -0.39 is 28.2 Å². The standard InChI is InChI=1S/C20H18N4O6S2/c21-14-10-32-19-16(22-15(25)8-13-2-1-7-31-13)18(26)23(19)17(14)20(27)30-9-11-3-5-12(6-4-11)24(28)29/h1-7,16,19H,8-10,21H2,(H,22,25)/t16-,19+/m1/s1. The van der Waals surface area contributed by atoms with Crippen LogP contribution in [-0.4, -0.2) is 44.8 Å². The van der Waals surface area contributed by atoms with Gasteiger partial charge in [0.2, 0.25) is 5.91 Å². The number of non-ortho nitro benzene ring substituents is 1. The van der Waals surface area contributed by atoms with Crippen LogP contribution in [0.3, 0.4) is 0 Å². The van der Waals surface area contributed by atoms with Gasteiger partial charge in [0.1, 0.15) is 18.0 Å². The van der Waals surface area contributed by atoms with E-state index in [0.29, 0.717) is 11.3 Å². The number of carbonyl (C=O) groups excluding carboxylic acids is 3. The van der Waals surface area contributed by atoms with Gasteiger partial charge in [-0.15, -0.1) is 23.1 Å². The molecule has 2 aliphatic rings. The second kappa shape index (κ2) is 9.01. The molecule has 3 heterocycles. The average Bonchev–Trinajstić information content (AvgIpc) is 3.28. The molecule has 2 atom stereocenters. The predicted octanol–water partition coefficient (Wildman–Crippen LogP) is 1.51. The summed E-state index contributed by atoms with van der Waals surface area (Å²) in [5, 5.41) is 14.9. The van der Waals surface area contributed by atoms with Crippen molar-refractivity contribution in [1.82, 2.24) is 10.2 Å². The van der Waals surface area contributed by atoms with Crippen LogP contribution in [0.2, 0.25) is 0 Å². The summed E-state index contributed by atoms with van der Waals surface area (Å²) in [6.45, 7) is -0.131. The molecule has 0 aliphatic carbocycles. The summed E-state index contributed by atoms with van der Waals surface area (Å²) < 4.78 is 5.29. The topological polar surface area (TPSA) is 145 Å². The Morgan fingerprint density at radius 1 is 1.28 bits per heavy atom. The lowest BCUT2D eigenvalue weighted by Crippen LogP contribution is -2.71. The second-order valence-electron chi connectivity index (χ2n) is 7.08.